The predicted molar refractivity (Wildman–Crippen MR) is 94.8 cm³/mol. The number of aromatic nitrogens is 1. The monoisotopic (exact) mass is 364 g/mol. The smallest absolute Gasteiger partial charge is 0.407 e. The van der Waals surface area contributed by atoms with E-state index in [-0.39, 0.29) is 13.1 Å². The Hall–Kier alpha value is -2.58. The van der Waals surface area contributed by atoms with E-state index in [0.717, 1.165) is 0 Å². The Kier molecular flexibility index (Phi) is 5.89. The Labute approximate surface area is 151 Å². The highest BCUT2D eigenvalue weighted by Gasteiger charge is 2.24. The molecule has 8 heteroatoms. The number of aliphatic hydroxyl groups is 2. The molecule has 0 radical (unpaired) electrons. The zero-order valence-electron chi connectivity index (χ0n) is 15.0. The van der Waals surface area contributed by atoms with Crippen LogP contribution < -0.4 is 5.32 Å². The van der Waals surface area contributed by atoms with E-state index < -0.39 is 29.9 Å². The predicted octanol–water partition coefficient (Wildman–Crippen LogP) is 1.64. The number of amides is 1. The standard InChI is InChI=1S/C18H24N2O6/c1-18(2,3)26-17(25)19-8-14(21)16(24)12-9-20(10-15(22)23)13-7-5-4-6-11(12)13/h4-7,9,14,16,21,24H,8,10H2,1-3H3,(H,19,25)(H,22,23). The van der Waals surface area contributed by atoms with Crippen LogP contribution in [0.2, 0.25) is 0 Å². The molecule has 2 aromatic rings. The molecule has 0 bridgehead atoms. The molecule has 2 rings (SSSR count). The van der Waals surface area contributed by atoms with Crippen LogP contribution in [0.15, 0.2) is 30.5 Å². The number of rotatable bonds is 6. The van der Waals surface area contributed by atoms with Crippen molar-refractivity contribution in [1.82, 2.24) is 9.88 Å². The van der Waals surface area contributed by atoms with Crippen molar-refractivity contribution in [2.45, 2.75) is 45.1 Å². The third kappa shape index (κ3) is 4.96. The fraction of sp³-hybridized carbons (Fsp3) is 0.444. The molecule has 26 heavy (non-hydrogen) atoms. The summed E-state index contributed by atoms with van der Waals surface area (Å²) in [6.07, 6.45) is -1.78. The van der Waals surface area contributed by atoms with Gasteiger partial charge in [0.1, 0.15) is 24.4 Å². The molecular weight excluding hydrogens is 340 g/mol. The van der Waals surface area contributed by atoms with E-state index in [0.29, 0.717) is 16.5 Å². The number of aliphatic carboxylic acids is 1. The molecule has 142 valence electrons. The number of carboxylic acids is 1. The number of aliphatic hydroxyl groups excluding tert-OH is 2. The van der Waals surface area contributed by atoms with Gasteiger partial charge in [0.25, 0.3) is 0 Å². The zero-order chi connectivity index (χ0) is 19.5. The molecule has 1 aromatic carbocycles. The molecule has 1 aromatic heterocycles. The Morgan fingerprint density at radius 2 is 1.88 bits per heavy atom. The summed E-state index contributed by atoms with van der Waals surface area (Å²) in [6.45, 7) is 4.67. The van der Waals surface area contributed by atoms with Gasteiger partial charge in [0, 0.05) is 29.2 Å². The SMILES string of the molecule is CC(C)(C)OC(=O)NCC(O)C(O)c1cn(CC(=O)O)c2ccccc12. The van der Waals surface area contributed by atoms with Crippen molar-refractivity contribution in [1.29, 1.82) is 0 Å². The van der Waals surface area contributed by atoms with E-state index in [1.54, 1.807) is 45.0 Å². The molecule has 8 nitrogen and oxygen atoms in total. The lowest BCUT2D eigenvalue weighted by Crippen LogP contribution is -2.38. The lowest BCUT2D eigenvalue weighted by molar-refractivity contribution is -0.137. The number of ether oxygens (including phenoxy) is 1. The van der Waals surface area contributed by atoms with Crippen molar-refractivity contribution in [2.75, 3.05) is 6.54 Å². The van der Waals surface area contributed by atoms with E-state index in [1.165, 1.54) is 10.8 Å². The van der Waals surface area contributed by atoms with Gasteiger partial charge < -0.3 is 29.9 Å². The summed E-state index contributed by atoms with van der Waals surface area (Å²) >= 11 is 0. The number of alkyl carbamates (subject to hydrolysis) is 1. The number of hydrogen-bond donors (Lipinski definition) is 4. The Morgan fingerprint density at radius 3 is 2.50 bits per heavy atom. The molecular formula is C18H24N2O6. The van der Waals surface area contributed by atoms with Gasteiger partial charge in [-0.15, -0.1) is 0 Å². The second kappa shape index (κ2) is 7.76. The molecule has 0 spiro atoms. The maximum Gasteiger partial charge on any atom is 0.407 e. The first kappa shape index (κ1) is 19.7. The van der Waals surface area contributed by atoms with Crippen LogP contribution in [0.3, 0.4) is 0 Å². The van der Waals surface area contributed by atoms with Gasteiger partial charge in [0.05, 0.1) is 0 Å². The highest BCUT2D eigenvalue weighted by Crippen LogP contribution is 2.28. The van der Waals surface area contributed by atoms with Crippen LogP contribution in [-0.4, -0.2) is 50.2 Å². The number of carboxylic acid groups (broad SMARTS) is 1. The van der Waals surface area contributed by atoms with Crippen molar-refractivity contribution in [3.05, 3.63) is 36.0 Å². The molecule has 0 saturated carbocycles. The molecule has 4 N–H and O–H groups in total. The van der Waals surface area contributed by atoms with Crippen LogP contribution in [-0.2, 0) is 16.1 Å². The second-order valence-corrected chi connectivity index (χ2v) is 7.02. The Balaban J connectivity index is 2.14. The summed E-state index contributed by atoms with van der Waals surface area (Å²) in [4.78, 5) is 22.7. The third-order valence-electron chi connectivity index (χ3n) is 3.66. The van der Waals surface area contributed by atoms with Gasteiger partial charge in [0.2, 0.25) is 0 Å². The van der Waals surface area contributed by atoms with E-state index in [1.807, 2.05) is 0 Å². The van der Waals surface area contributed by atoms with E-state index in [4.69, 9.17) is 9.84 Å². The zero-order valence-corrected chi connectivity index (χ0v) is 15.0. The minimum atomic E-state index is -1.30. The van der Waals surface area contributed by atoms with Crippen LogP contribution in [0, 0.1) is 0 Å². The number of carbonyl (C=O) groups excluding carboxylic acids is 1. The first-order chi connectivity index (χ1) is 12.1. The normalized spacial score (nSPS) is 14.0. The number of carbonyl (C=O) groups is 2. The van der Waals surface area contributed by atoms with Crippen molar-refractivity contribution in [3.63, 3.8) is 0 Å². The fourth-order valence-electron chi connectivity index (χ4n) is 2.61. The number of hydrogen-bond acceptors (Lipinski definition) is 5. The molecule has 1 heterocycles. The second-order valence-electron chi connectivity index (χ2n) is 7.02. The minimum absolute atomic E-state index is 0.214. The number of nitrogens with zero attached hydrogens (tertiary/aromatic N) is 1. The van der Waals surface area contributed by atoms with Crippen molar-refractivity contribution >= 4 is 23.0 Å². The number of nitrogens with one attached hydrogen (secondary N) is 1. The topological polar surface area (TPSA) is 121 Å². The third-order valence-corrected chi connectivity index (χ3v) is 3.66. The molecule has 0 aliphatic heterocycles. The maximum atomic E-state index is 11.7. The molecule has 0 aliphatic rings. The molecule has 0 saturated heterocycles. The van der Waals surface area contributed by atoms with Gasteiger partial charge in [-0.05, 0) is 26.8 Å². The molecule has 2 atom stereocenters. The highest BCUT2D eigenvalue weighted by atomic mass is 16.6. The Morgan fingerprint density at radius 1 is 1.23 bits per heavy atom. The first-order valence-electron chi connectivity index (χ1n) is 8.21. The van der Waals surface area contributed by atoms with Crippen molar-refractivity contribution in [3.8, 4) is 0 Å². The minimum Gasteiger partial charge on any atom is -0.480 e. The van der Waals surface area contributed by atoms with Crippen LogP contribution in [0.1, 0.15) is 32.4 Å². The maximum absolute atomic E-state index is 11.7. The number of benzene rings is 1. The van der Waals surface area contributed by atoms with E-state index >= 15 is 0 Å². The van der Waals surface area contributed by atoms with Gasteiger partial charge in [-0.3, -0.25) is 4.79 Å². The van der Waals surface area contributed by atoms with Crippen molar-refractivity contribution < 1.29 is 29.6 Å². The summed E-state index contributed by atoms with van der Waals surface area (Å²) < 4.78 is 6.57. The van der Waals surface area contributed by atoms with Gasteiger partial charge in [-0.1, -0.05) is 18.2 Å². The molecule has 1 amide bonds. The van der Waals surface area contributed by atoms with Gasteiger partial charge in [-0.25, -0.2) is 4.79 Å². The van der Waals surface area contributed by atoms with Gasteiger partial charge in [0.15, 0.2) is 0 Å². The molecule has 0 aliphatic carbocycles. The number of fused-ring (bicyclic) bond motifs is 1. The first-order valence-corrected chi connectivity index (χ1v) is 8.21. The molecule has 0 fully saturated rings. The lowest BCUT2D eigenvalue weighted by atomic mass is 10.0. The van der Waals surface area contributed by atoms with Crippen LogP contribution in [0.5, 0.6) is 0 Å². The lowest BCUT2D eigenvalue weighted by Gasteiger charge is -2.22. The van der Waals surface area contributed by atoms with E-state index in [2.05, 4.69) is 5.32 Å². The van der Waals surface area contributed by atoms with E-state index in [9.17, 15) is 19.8 Å². The van der Waals surface area contributed by atoms with Crippen LogP contribution in [0.4, 0.5) is 4.79 Å². The van der Waals surface area contributed by atoms with Crippen molar-refractivity contribution in [2.24, 2.45) is 0 Å². The average molecular weight is 364 g/mol. The van der Waals surface area contributed by atoms with Crippen LogP contribution >= 0.6 is 0 Å². The van der Waals surface area contributed by atoms with Gasteiger partial charge in [-0.2, -0.15) is 0 Å². The quantitative estimate of drug-likeness (QED) is 0.618. The Bertz CT molecular complexity index is 793. The summed E-state index contributed by atoms with van der Waals surface area (Å²) in [5, 5.41) is 32.8. The summed E-state index contributed by atoms with van der Waals surface area (Å²) in [7, 11) is 0. The summed E-state index contributed by atoms with van der Waals surface area (Å²) in [5.41, 5.74) is 0.356. The largest absolute Gasteiger partial charge is 0.480 e. The van der Waals surface area contributed by atoms with Gasteiger partial charge >= 0.3 is 12.1 Å². The number of para-hydroxylation sites is 1. The average Bonchev–Trinajstić information content (AvgIpc) is 2.88. The molecule has 2 unspecified atom stereocenters. The summed E-state index contributed by atoms with van der Waals surface area (Å²) in [6, 6.07) is 6.99. The summed E-state index contributed by atoms with van der Waals surface area (Å²) in [5.74, 6) is -1.01. The highest BCUT2D eigenvalue weighted by molar-refractivity contribution is 5.85. The fourth-order valence-corrected chi connectivity index (χ4v) is 2.61. The van der Waals surface area contributed by atoms with Crippen LogP contribution in [0.25, 0.3) is 10.9 Å².